The largest absolute Gasteiger partial charge is 0.481 e. The summed E-state index contributed by atoms with van der Waals surface area (Å²) in [6, 6.07) is 23.1. The Morgan fingerprint density at radius 1 is 0.518 bits per heavy atom. The van der Waals surface area contributed by atoms with Gasteiger partial charge in [0.15, 0.2) is 11.6 Å². The summed E-state index contributed by atoms with van der Waals surface area (Å²) in [6.45, 7) is 14.8. The van der Waals surface area contributed by atoms with Gasteiger partial charge >= 0.3 is 5.97 Å². The Balaban J connectivity index is 0.000000183. The minimum absolute atomic E-state index is 0. The van der Waals surface area contributed by atoms with Gasteiger partial charge < -0.3 is 25.5 Å². The molecule has 5 N–H and O–H groups in total. The maximum atomic E-state index is 13.4. The third-order valence-electron chi connectivity index (χ3n) is 21.1. The number of thiophene rings is 2. The standard InChI is InChI=1S/C41H44ClN7O5S.C22H29N3O4.C19H17ClN4O2S.CH4/c1-23-24(2)55-41-36(23)37(26-15-17-27(42)18-16-26)44-32(38-47-46-25(3)49(38)41)21-28(50)11-8-6-4-5-7-9-14-34(51)43-31-13-10-12-29-30(31)22-48(40(29)54)33-19-20-35(52)45-39(33)53;1-2-3-4-5-6-7-11-19(26)23-17-10-8-9-15-16(17)14-25(22(15)29)18-12-13-20(27)24-21(18)28;1-9-10(2)27-19-16(9)17(12-4-6-13(20)7-5-12)21-14(8-15(25)26)18-23-22-11(3)24(18)19;/h10,12-13,15-18,32-33H,4-9,11,14,19-22H2,1-3H3,(H,43,51)(H,45,52,53);8-10,18H,2-7,11-14H2,1H3,(H,23,26)(H,24,27,28);4-7,14H,8H2,1-3H3,(H,25,26);1H4/t32-,33?;;14-;/m0.0./s1. The van der Waals surface area contributed by atoms with Crippen molar-refractivity contribution in [3.05, 3.63) is 184 Å². The van der Waals surface area contributed by atoms with E-state index in [-0.39, 0.29) is 93.8 Å². The summed E-state index contributed by atoms with van der Waals surface area (Å²) in [5, 5.41) is 40.6. The number of aliphatic carboxylic acids is 1. The van der Waals surface area contributed by atoms with E-state index in [0.29, 0.717) is 75.4 Å². The molecule has 25 nitrogen and oxygen atoms in total. The van der Waals surface area contributed by atoms with Gasteiger partial charge in [0.25, 0.3) is 11.8 Å². The van der Waals surface area contributed by atoms with Crippen molar-refractivity contribution in [3.63, 3.8) is 0 Å². The van der Waals surface area contributed by atoms with Gasteiger partial charge in [0.2, 0.25) is 35.4 Å². The number of unbranched alkanes of at least 4 members (excludes halogenated alkanes) is 10. The fourth-order valence-electron chi connectivity index (χ4n) is 15.0. The summed E-state index contributed by atoms with van der Waals surface area (Å²) < 4.78 is 4.01. The molecule has 2 fully saturated rings. The van der Waals surface area contributed by atoms with Crippen molar-refractivity contribution < 1.29 is 53.1 Å². The smallest absolute Gasteiger partial charge is 0.306 e. The van der Waals surface area contributed by atoms with E-state index in [2.05, 4.69) is 80.8 Å². The highest BCUT2D eigenvalue weighted by Crippen LogP contribution is 2.43. The number of carbonyl (C=O) groups is 10. The highest BCUT2D eigenvalue weighted by molar-refractivity contribution is 7.15. The van der Waals surface area contributed by atoms with Gasteiger partial charge in [0.1, 0.15) is 51.6 Å². The summed E-state index contributed by atoms with van der Waals surface area (Å²) in [7, 11) is 0. The number of carbonyl (C=O) groups excluding carboxylic acids is 9. The highest BCUT2D eigenvalue weighted by Gasteiger charge is 2.43. The molecule has 6 aliphatic rings. The van der Waals surface area contributed by atoms with Gasteiger partial charge in [-0.25, -0.2) is 0 Å². The Morgan fingerprint density at radius 3 is 1.31 bits per heavy atom. The second-order valence-corrected chi connectivity index (χ2v) is 32.1. The summed E-state index contributed by atoms with van der Waals surface area (Å²) in [6.07, 6.45) is 14.3. The lowest BCUT2D eigenvalue weighted by molar-refractivity contribution is -0.138. The predicted octanol–water partition coefficient (Wildman–Crippen LogP) is 15.3. The van der Waals surface area contributed by atoms with Crippen LogP contribution in [0.25, 0.3) is 10.0 Å². The van der Waals surface area contributed by atoms with Gasteiger partial charge in [0.05, 0.1) is 17.8 Å². The second-order valence-electron chi connectivity index (χ2n) is 28.8. The first-order valence-corrected chi connectivity index (χ1v) is 40.4. The normalized spacial score (nSPS) is 17.3. The average Bonchev–Trinajstić information content (AvgIpc) is 1.60. The molecule has 0 aliphatic carbocycles. The number of Topliss-reactive ketones (excluding diaryl/α,β-unsaturated/α-hetero) is 1. The molecule has 8 amide bonds. The molecule has 112 heavy (non-hydrogen) atoms. The molecule has 4 aromatic heterocycles. The number of imide groups is 2. The van der Waals surface area contributed by atoms with Crippen LogP contribution in [0.15, 0.2) is 94.9 Å². The second kappa shape index (κ2) is 37.0. The number of hydrogen-bond acceptors (Lipinski definition) is 18. The van der Waals surface area contributed by atoms with Gasteiger partial charge in [-0.05, 0) is 133 Å². The van der Waals surface area contributed by atoms with Crippen molar-refractivity contribution in [1.82, 2.24) is 50.0 Å². The third kappa shape index (κ3) is 18.6. The molecule has 4 aromatic carbocycles. The lowest BCUT2D eigenvalue weighted by atomic mass is 9.99. The SMILES string of the molecule is C.CCCCCCCCC(=O)Nc1cccc2c1CN(C1CCC(=O)NC1=O)C2=O.Cc1sc2c(c1C)C(c1ccc(Cl)cc1)=N[C@@H](CC(=O)CCCCCCCCC(=O)Nc1cccc3c1CN(C1CCC(=O)NC1=O)C3=O)c1nnc(C)n1-2.Cc1sc2c(c1C)C(c1ccc(Cl)cc1)=N[C@@H](CC(=O)O)c1nnc(C)n1-2. The van der Waals surface area contributed by atoms with Crippen molar-refractivity contribution >= 4 is 128 Å². The number of amides is 8. The molecule has 0 spiro atoms. The third-order valence-corrected chi connectivity index (χ3v) is 24.0. The van der Waals surface area contributed by atoms with Crippen LogP contribution < -0.4 is 21.3 Å². The van der Waals surface area contributed by atoms with Crippen LogP contribution in [-0.4, -0.2) is 127 Å². The van der Waals surface area contributed by atoms with Crippen LogP contribution in [0.4, 0.5) is 11.4 Å². The van der Waals surface area contributed by atoms with Crippen molar-refractivity contribution in [2.45, 2.75) is 228 Å². The fraction of sp³-hybridized carbons (Fsp3) is 0.422. The number of aromatic nitrogens is 6. The van der Waals surface area contributed by atoms with Crippen LogP contribution in [0.3, 0.4) is 0 Å². The van der Waals surface area contributed by atoms with E-state index in [4.69, 9.17) is 33.2 Å². The number of nitrogens with one attached hydrogen (secondary N) is 4. The number of ketones is 1. The highest BCUT2D eigenvalue weighted by atomic mass is 35.5. The molecule has 6 aliphatic heterocycles. The molecule has 10 heterocycles. The molecule has 0 saturated carbocycles. The summed E-state index contributed by atoms with van der Waals surface area (Å²) in [5.41, 5.74) is 11.3. The van der Waals surface area contributed by atoms with Crippen molar-refractivity contribution in [2.75, 3.05) is 10.6 Å². The Labute approximate surface area is 668 Å². The van der Waals surface area contributed by atoms with E-state index in [0.717, 1.165) is 130 Å². The quantitative estimate of drug-likeness (QED) is 0.0248. The van der Waals surface area contributed by atoms with Crippen LogP contribution in [0, 0.1) is 41.5 Å². The number of carboxylic acids is 1. The van der Waals surface area contributed by atoms with Gasteiger partial charge in [-0.3, -0.25) is 77.7 Å². The van der Waals surface area contributed by atoms with E-state index < -0.39 is 42.0 Å². The Hall–Kier alpha value is -10.2. The summed E-state index contributed by atoms with van der Waals surface area (Å²) in [5.74, 6) is -0.298. The van der Waals surface area contributed by atoms with E-state index in [1.54, 1.807) is 59.1 Å². The van der Waals surface area contributed by atoms with E-state index in [9.17, 15) is 53.1 Å². The zero-order chi connectivity index (χ0) is 78.9. The minimum atomic E-state index is -0.926. The Kier molecular flexibility index (Phi) is 27.3. The van der Waals surface area contributed by atoms with Crippen molar-refractivity contribution in [1.29, 1.82) is 0 Å². The molecule has 29 heteroatoms. The van der Waals surface area contributed by atoms with Gasteiger partial charge in [-0.1, -0.05) is 132 Å². The maximum Gasteiger partial charge on any atom is 0.306 e. The van der Waals surface area contributed by atoms with Gasteiger partial charge in [-0.2, -0.15) is 0 Å². The molecular weight excluding hydrogens is 1500 g/mol. The average molecular weight is 1600 g/mol. The number of fused-ring (bicyclic) bond motifs is 8. The number of benzene rings is 4. The lowest BCUT2D eigenvalue weighted by Gasteiger charge is -2.29. The molecule has 14 rings (SSSR count). The number of hydrogen-bond donors (Lipinski definition) is 5. The molecule has 588 valence electrons. The summed E-state index contributed by atoms with van der Waals surface area (Å²) in [4.78, 5) is 139. The van der Waals surface area contributed by atoms with E-state index >= 15 is 0 Å². The lowest BCUT2D eigenvalue weighted by Crippen LogP contribution is -2.52. The summed E-state index contributed by atoms with van der Waals surface area (Å²) >= 11 is 15.6. The molecule has 2 unspecified atom stereocenters. The Morgan fingerprint density at radius 2 is 0.911 bits per heavy atom. The van der Waals surface area contributed by atoms with Crippen LogP contribution in [0.2, 0.25) is 10.0 Å². The number of rotatable bonds is 26. The zero-order valence-corrected chi connectivity index (χ0v) is 66.4. The maximum absolute atomic E-state index is 13.4. The van der Waals surface area contributed by atoms with E-state index in [1.165, 1.54) is 38.8 Å². The molecule has 8 aromatic rings. The first kappa shape index (κ1) is 82.7. The zero-order valence-electron chi connectivity index (χ0n) is 63.2. The molecule has 0 radical (unpaired) electrons. The van der Waals surface area contributed by atoms with Gasteiger partial charge in [-0.15, -0.1) is 43.1 Å². The van der Waals surface area contributed by atoms with Crippen molar-refractivity contribution in [2.24, 2.45) is 9.98 Å². The first-order chi connectivity index (χ1) is 53.4. The number of aryl methyl sites for hydroxylation is 4. The minimum Gasteiger partial charge on any atom is -0.481 e. The first-order valence-electron chi connectivity index (χ1n) is 38.0. The predicted molar refractivity (Wildman–Crippen MR) is 432 cm³/mol. The number of anilines is 2. The number of halogens is 2. The molecular formula is C83H94Cl2N14O11S2. The molecule has 0 bridgehead atoms. The molecule has 4 atom stereocenters. The number of nitrogens with zero attached hydrogens (tertiary/aromatic N) is 10. The van der Waals surface area contributed by atoms with Crippen LogP contribution in [0.1, 0.15) is 260 Å². The number of aliphatic imine (C=N–C) groups is 2. The topological polar surface area (TPSA) is 332 Å². The monoisotopic (exact) mass is 1600 g/mol. The van der Waals surface area contributed by atoms with Crippen LogP contribution >= 0.6 is 45.9 Å². The number of carboxylic acid groups (broad SMARTS) is 1. The Bertz CT molecular complexity index is 5020. The van der Waals surface area contributed by atoms with Gasteiger partial charge in [0, 0.05) is 127 Å². The van der Waals surface area contributed by atoms with Crippen LogP contribution in [-0.2, 0) is 51.4 Å². The molecule has 2 saturated heterocycles. The fourth-order valence-corrected chi connectivity index (χ4v) is 17.6. The van der Waals surface area contributed by atoms with Crippen LogP contribution in [0.5, 0.6) is 0 Å². The number of piperidine rings is 2. The van der Waals surface area contributed by atoms with E-state index in [1.807, 2.05) is 66.9 Å². The van der Waals surface area contributed by atoms with Crippen molar-refractivity contribution in [3.8, 4) is 10.0 Å².